The van der Waals surface area contributed by atoms with Crippen molar-refractivity contribution in [3.05, 3.63) is 102 Å². The summed E-state index contributed by atoms with van der Waals surface area (Å²) in [5.41, 5.74) is 5.67. The van der Waals surface area contributed by atoms with Crippen molar-refractivity contribution in [3.8, 4) is 0 Å². The molecule has 0 aliphatic carbocycles. The van der Waals surface area contributed by atoms with Crippen molar-refractivity contribution in [2.75, 3.05) is 0 Å². The number of pyridine rings is 1. The van der Waals surface area contributed by atoms with Crippen LogP contribution in [0.25, 0.3) is 10.9 Å². The first-order chi connectivity index (χ1) is 15.2. The SMILES string of the molecule is O=C(NC(Cc1c[nH]c2ccccc12)C(=O)NN=Cc1cccnc1)c1ccccc1. The van der Waals surface area contributed by atoms with E-state index < -0.39 is 11.9 Å². The molecular formula is C24H21N5O2. The predicted octanol–water partition coefficient (Wildman–Crippen LogP) is 3.05. The van der Waals surface area contributed by atoms with E-state index in [4.69, 9.17) is 0 Å². The molecule has 2 aromatic carbocycles. The Bertz CT molecular complexity index is 1200. The average molecular weight is 411 g/mol. The summed E-state index contributed by atoms with van der Waals surface area (Å²) < 4.78 is 0. The fourth-order valence-electron chi connectivity index (χ4n) is 3.26. The van der Waals surface area contributed by atoms with Crippen LogP contribution in [0.3, 0.4) is 0 Å². The van der Waals surface area contributed by atoms with Crippen molar-refractivity contribution in [2.45, 2.75) is 12.5 Å². The molecule has 3 N–H and O–H groups in total. The van der Waals surface area contributed by atoms with E-state index in [1.165, 1.54) is 6.21 Å². The minimum atomic E-state index is -0.807. The number of nitrogens with one attached hydrogen (secondary N) is 3. The van der Waals surface area contributed by atoms with Crippen molar-refractivity contribution < 1.29 is 9.59 Å². The van der Waals surface area contributed by atoms with Crippen molar-refractivity contribution >= 4 is 28.9 Å². The number of hydrogen-bond donors (Lipinski definition) is 3. The topological polar surface area (TPSA) is 99.2 Å². The molecule has 7 nitrogen and oxygen atoms in total. The van der Waals surface area contributed by atoms with Crippen LogP contribution >= 0.6 is 0 Å². The molecule has 0 saturated carbocycles. The highest BCUT2D eigenvalue weighted by Gasteiger charge is 2.23. The number of H-pyrrole nitrogens is 1. The van der Waals surface area contributed by atoms with Crippen molar-refractivity contribution in [1.82, 2.24) is 20.7 Å². The van der Waals surface area contributed by atoms with Crippen molar-refractivity contribution in [3.63, 3.8) is 0 Å². The molecule has 4 aromatic rings. The molecule has 0 bridgehead atoms. The van der Waals surface area contributed by atoms with Gasteiger partial charge in [0.05, 0.1) is 6.21 Å². The lowest BCUT2D eigenvalue weighted by atomic mass is 10.0. The second-order valence-electron chi connectivity index (χ2n) is 6.98. The van der Waals surface area contributed by atoms with Crippen molar-refractivity contribution in [1.29, 1.82) is 0 Å². The Labute approximate surface area is 179 Å². The molecule has 0 radical (unpaired) electrons. The second kappa shape index (κ2) is 9.49. The van der Waals surface area contributed by atoms with Crippen LogP contribution in [0.5, 0.6) is 0 Å². The number of aromatic amines is 1. The van der Waals surface area contributed by atoms with E-state index in [1.54, 1.807) is 42.7 Å². The van der Waals surface area contributed by atoms with Crippen LogP contribution < -0.4 is 10.7 Å². The number of nitrogens with zero attached hydrogens (tertiary/aromatic N) is 2. The van der Waals surface area contributed by atoms with Crippen LogP contribution in [-0.2, 0) is 11.2 Å². The maximum absolute atomic E-state index is 12.9. The van der Waals surface area contributed by atoms with Crippen LogP contribution in [0.2, 0.25) is 0 Å². The number of fused-ring (bicyclic) bond motifs is 1. The first kappa shape index (κ1) is 20.0. The molecule has 2 aromatic heterocycles. The molecule has 4 rings (SSSR count). The highest BCUT2D eigenvalue weighted by atomic mass is 16.2. The summed E-state index contributed by atoms with van der Waals surface area (Å²) in [7, 11) is 0. The van der Waals surface area contributed by atoms with E-state index in [2.05, 4.69) is 25.8 Å². The Morgan fingerprint density at radius 2 is 1.84 bits per heavy atom. The summed E-state index contributed by atoms with van der Waals surface area (Å²) in [5.74, 6) is -0.730. The van der Waals surface area contributed by atoms with Gasteiger partial charge in [0, 0.05) is 47.0 Å². The van der Waals surface area contributed by atoms with Gasteiger partial charge in [-0.2, -0.15) is 5.10 Å². The molecule has 0 spiro atoms. The zero-order valence-corrected chi connectivity index (χ0v) is 16.7. The van der Waals surface area contributed by atoms with E-state index >= 15 is 0 Å². The highest BCUT2D eigenvalue weighted by molar-refractivity contribution is 5.98. The standard InChI is InChI=1S/C24H21N5O2/c30-23(18-8-2-1-3-9-18)28-22(13-19-16-26-21-11-5-4-10-20(19)21)24(31)29-27-15-17-7-6-12-25-14-17/h1-12,14-16,22,26H,13H2,(H,28,30)(H,29,31). The van der Waals surface area contributed by atoms with Gasteiger partial charge in [0.2, 0.25) is 0 Å². The third kappa shape index (κ3) is 5.02. The number of aromatic nitrogens is 2. The van der Waals surface area contributed by atoms with Crippen LogP contribution in [0, 0.1) is 0 Å². The third-order valence-corrected chi connectivity index (χ3v) is 4.83. The minimum Gasteiger partial charge on any atom is -0.361 e. The third-order valence-electron chi connectivity index (χ3n) is 4.83. The molecule has 7 heteroatoms. The number of benzene rings is 2. The monoisotopic (exact) mass is 411 g/mol. The molecule has 31 heavy (non-hydrogen) atoms. The molecule has 1 atom stereocenters. The number of para-hydroxylation sites is 1. The van der Waals surface area contributed by atoms with E-state index in [0.29, 0.717) is 12.0 Å². The van der Waals surface area contributed by atoms with Crippen LogP contribution in [0.1, 0.15) is 21.5 Å². The maximum atomic E-state index is 12.9. The smallest absolute Gasteiger partial charge is 0.262 e. The first-order valence-electron chi connectivity index (χ1n) is 9.84. The van der Waals surface area contributed by atoms with Gasteiger partial charge in [0.1, 0.15) is 6.04 Å². The molecule has 154 valence electrons. The number of hydrogen-bond acceptors (Lipinski definition) is 4. The molecule has 0 fully saturated rings. The zero-order valence-electron chi connectivity index (χ0n) is 16.7. The van der Waals surface area contributed by atoms with Gasteiger partial charge < -0.3 is 10.3 Å². The van der Waals surface area contributed by atoms with Gasteiger partial charge >= 0.3 is 0 Å². The Balaban J connectivity index is 1.53. The lowest BCUT2D eigenvalue weighted by Gasteiger charge is -2.17. The van der Waals surface area contributed by atoms with Crippen LogP contribution in [0.15, 0.2) is 90.4 Å². The van der Waals surface area contributed by atoms with E-state index in [1.807, 2.05) is 42.6 Å². The Kier molecular flexibility index (Phi) is 6.13. The molecular weight excluding hydrogens is 390 g/mol. The fourth-order valence-corrected chi connectivity index (χ4v) is 3.26. The maximum Gasteiger partial charge on any atom is 0.262 e. The fraction of sp³-hybridized carbons (Fsp3) is 0.0833. The van der Waals surface area contributed by atoms with Gasteiger partial charge in [-0.15, -0.1) is 0 Å². The van der Waals surface area contributed by atoms with Crippen LogP contribution in [0.4, 0.5) is 0 Å². The number of carbonyl (C=O) groups is 2. The number of amides is 2. The average Bonchev–Trinajstić information content (AvgIpc) is 3.22. The van der Waals surface area contributed by atoms with Gasteiger partial charge in [0.25, 0.3) is 11.8 Å². The normalized spacial score (nSPS) is 12.0. The molecule has 0 aliphatic rings. The molecule has 2 heterocycles. The van der Waals surface area contributed by atoms with Gasteiger partial charge in [-0.25, -0.2) is 5.43 Å². The van der Waals surface area contributed by atoms with Gasteiger partial charge in [-0.1, -0.05) is 42.5 Å². The summed E-state index contributed by atoms with van der Waals surface area (Å²) in [6.07, 6.45) is 6.98. The lowest BCUT2D eigenvalue weighted by Crippen LogP contribution is -2.46. The molecule has 1 unspecified atom stereocenters. The molecule has 2 amide bonds. The largest absolute Gasteiger partial charge is 0.361 e. The lowest BCUT2D eigenvalue weighted by molar-refractivity contribution is -0.122. The Hall–Kier alpha value is -4.26. The van der Waals surface area contributed by atoms with Gasteiger partial charge in [0.15, 0.2) is 0 Å². The summed E-state index contributed by atoms with van der Waals surface area (Å²) in [6.45, 7) is 0. The van der Waals surface area contributed by atoms with Gasteiger partial charge in [-0.05, 0) is 29.8 Å². The summed E-state index contributed by atoms with van der Waals surface area (Å²) in [6, 6.07) is 19.4. The summed E-state index contributed by atoms with van der Waals surface area (Å²) in [4.78, 5) is 32.8. The minimum absolute atomic E-state index is 0.316. The zero-order chi connectivity index (χ0) is 21.5. The van der Waals surface area contributed by atoms with E-state index in [0.717, 1.165) is 22.0 Å². The number of hydrazone groups is 1. The van der Waals surface area contributed by atoms with E-state index in [9.17, 15) is 9.59 Å². The molecule has 0 aliphatic heterocycles. The highest BCUT2D eigenvalue weighted by Crippen LogP contribution is 2.19. The van der Waals surface area contributed by atoms with Crippen molar-refractivity contribution in [2.24, 2.45) is 5.10 Å². The Morgan fingerprint density at radius 3 is 2.65 bits per heavy atom. The number of rotatable bonds is 7. The molecule has 0 saturated heterocycles. The summed E-state index contributed by atoms with van der Waals surface area (Å²) >= 11 is 0. The van der Waals surface area contributed by atoms with Gasteiger partial charge in [-0.3, -0.25) is 14.6 Å². The van der Waals surface area contributed by atoms with Crippen LogP contribution in [-0.4, -0.2) is 34.0 Å². The summed E-state index contributed by atoms with van der Waals surface area (Å²) in [5, 5.41) is 7.85. The number of carbonyl (C=O) groups excluding carboxylic acids is 2. The Morgan fingerprint density at radius 1 is 1.03 bits per heavy atom. The predicted molar refractivity (Wildman–Crippen MR) is 120 cm³/mol. The second-order valence-corrected chi connectivity index (χ2v) is 6.98. The first-order valence-corrected chi connectivity index (χ1v) is 9.84. The quantitative estimate of drug-likeness (QED) is 0.322. The van der Waals surface area contributed by atoms with E-state index in [-0.39, 0.29) is 5.91 Å².